The molecule has 0 heterocycles. The van der Waals surface area contributed by atoms with Gasteiger partial charge in [0.1, 0.15) is 11.8 Å². The van der Waals surface area contributed by atoms with Crippen LogP contribution in [0.3, 0.4) is 0 Å². The van der Waals surface area contributed by atoms with Crippen molar-refractivity contribution in [3.05, 3.63) is 74.7 Å². The van der Waals surface area contributed by atoms with E-state index in [4.69, 9.17) is 27.9 Å². The standard InChI is InChI=1S/C26H27BrCl2N2O3/c1-4-22(26(33)30-16(2)3)31(14-19-20(28)10-7-11-21(19)29)24(32)15-34-23-13-12-17-8-5-6-9-18(17)25(23)27/h5-13,16,22H,4,14-15H2,1-3H3,(H,30,33)/t22-/m1/s1. The maximum Gasteiger partial charge on any atom is 0.261 e. The summed E-state index contributed by atoms with van der Waals surface area (Å²) in [5.74, 6) is -0.0369. The smallest absolute Gasteiger partial charge is 0.261 e. The Morgan fingerprint density at radius 1 is 1.03 bits per heavy atom. The summed E-state index contributed by atoms with van der Waals surface area (Å²) in [6, 6.07) is 16.0. The Morgan fingerprint density at radius 2 is 1.71 bits per heavy atom. The lowest BCUT2D eigenvalue weighted by Gasteiger charge is -2.31. The number of ether oxygens (including phenoxy) is 1. The molecule has 180 valence electrons. The molecule has 3 rings (SSSR count). The molecule has 0 saturated carbocycles. The van der Waals surface area contributed by atoms with Crippen molar-refractivity contribution in [3.8, 4) is 5.75 Å². The summed E-state index contributed by atoms with van der Waals surface area (Å²) in [7, 11) is 0. The van der Waals surface area contributed by atoms with Crippen LogP contribution in [0.4, 0.5) is 0 Å². The van der Waals surface area contributed by atoms with Gasteiger partial charge in [-0.2, -0.15) is 0 Å². The van der Waals surface area contributed by atoms with Crippen LogP contribution in [0.5, 0.6) is 5.75 Å². The molecular weight excluding hydrogens is 539 g/mol. The summed E-state index contributed by atoms with van der Waals surface area (Å²) < 4.78 is 6.67. The Balaban J connectivity index is 1.88. The van der Waals surface area contributed by atoms with Gasteiger partial charge < -0.3 is 15.0 Å². The molecule has 0 spiro atoms. The average Bonchev–Trinajstić information content (AvgIpc) is 2.80. The van der Waals surface area contributed by atoms with Crippen molar-refractivity contribution in [3.63, 3.8) is 0 Å². The molecule has 0 aliphatic carbocycles. The Bertz CT molecular complexity index is 1170. The quantitative estimate of drug-likeness (QED) is 0.317. The molecule has 5 nitrogen and oxygen atoms in total. The van der Waals surface area contributed by atoms with Crippen LogP contribution in [0.15, 0.2) is 59.1 Å². The molecule has 0 bridgehead atoms. The van der Waals surface area contributed by atoms with Crippen LogP contribution in [0.1, 0.15) is 32.8 Å². The Kier molecular flexibility index (Phi) is 9.23. The first-order valence-electron chi connectivity index (χ1n) is 11.1. The molecule has 0 aromatic heterocycles. The first kappa shape index (κ1) is 26.3. The van der Waals surface area contributed by atoms with Crippen LogP contribution < -0.4 is 10.1 Å². The van der Waals surface area contributed by atoms with Gasteiger partial charge in [-0.25, -0.2) is 0 Å². The predicted molar refractivity (Wildman–Crippen MR) is 142 cm³/mol. The maximum atomic E-state index is 13.4. The molecule has 3 aromatic rings. The van der Waals surface area contributed by atoms with Gasteiger partial charge in [0.15, 0.2) is 6.61 Å². The number of carbonyl (C=O) groups is 2. The van der Waals surface area contributed by atoms with Crippen LogP contribution in [-0.2, 0) is 16.1 Å². The van der Waals surface area contributed by atoms with Crippen molar-refractivity contribution in [2.75, 3.05) is 6.61 Å². The summed E-state index contributed by atoms with van der Waals surface area (Å²) in [5.41, 5.74) is 0.585. The number of nitrogens with zero attached hydrogens (tertiary/aromatic N) is 1. The van der Waals surface area contributed by atoms with E-state index in [9.17, 15) is 9.59 Å². The minimum Gasteiger partial charge on any atom is -0.483 e. The molecule has 0 saturated heterocycles. The van der Waals surface area contributed by atoms with Crippen molar-refractivity contribution >= 4 is 61.7 Å². The van der Waals surface area contributed by atoms with Gasteiger partial charge in [-0.15, -0.1) is 0 Å². The second kappa shape index (κ2) is 11.9. The zero-order chi connectivity index (χ0) is 24.8. The third-order valence-corrected chi connectivity index (χ3v) is 6.91. The fourth-order valence-corrected chi connectivity index (χ4v) is 4.83. The number of hydrogen-bond donors (Lipinski definition) is 1. The highest BCUT2D eigenvalue weighted by Gasteiger charge is 2.30. The van der Waals surface area contributed by atoms with E-state index in [1.807, 2.05) is 57.2 Å². The van der Waals surface area contributed by atoms with E-state index in [0.29, 0.717) is 27.8 Å². The van der Waals surface area contributed by atoms with Gasteiger partial charge in [0.05, 0.1) is 4.47 Å². The fourth-order valence-electron chi connectivity index (χ4n) is 3.70. The summed E-state index contributed by atoms with van der Waals surface area (Å²) in [6.07, 6.45) is 0.423. The van der Waals surface area contributed by atoms with Crippen molar-refractivity contribution < 1.29 is 14.3 Å². The number of hydrogen-bond acceptors (Lipinski definition) is 3. The molecular formula is C26H27BrCl2N2O3. The van der Waals surface area contributed by atoms with E-state index in [0.717, 1.165) is 15.2 Å². The fraction of sp³-hybridized carbons (Fsp3) is 0.308. The highest BCUT2D eigenvalue weighted by Crippen LogP contribution is 2.33. The monoisotopic (exact) mass is 564 g/mol. The second-order valence-corrected chi connectivity index (χ2v) is 9.80. The molecule has 1 atom stereocenters. The van der Waals surface area contributed by atoms with Crippen molar-refractivity contribution in [1.82, 2.24) is 10.2 Å². The number of carbonyl (C=O) groups excluding carboxylic acids is 2. The van der Waals surface area contributed by atoms with Crippen molar-refractivity contribution in [2.24, 2.45) is 0 Å². The molecule has 0 unspecified atom stereocenters. The number of benzene rings is 3. The topological polar surface area (TPSA) is 58.6 Å². The molecule has 1 N–H and O–H groups in total. The normalized spacial score (nSPS) is 12.0. The minimum atomic E-state index is -0.703. The Hall–Kier alpha value is -2.28. The highest BCUT2D eigenvalue weighted by atomic mass is 79.9. The number of fused-ring (bicyclic) bond motifs is 1. The molecule has 34 heavy (non-hydrogen) atoms. The average molecular weight is 566 g/mol. The molecule has 0 aliphatic heterocycles. The van der Waals surface area contributed by atoms with E-state index < -0.39 is 6.04 Å². The van der Waals surface area contributed by atoms with Crippen LogP contribution in [-0.4, -0.2) is 35.4 Å². The predicted octanol–water partition coefficient (Wildman–Crippen LogP) is 6.62. The van der Waals surface area contributed by atoms with Crippen LogP contribution in [0, 0.1) is 0 Å². The molecule has 2 amide bonds. The highest BCUT2D eigenvalue weighted by molar-refractivity contribution is 9.10. The van der Waals surface area contributed by atoms with Crippen molar-refractivity contribution in [2.45, 2.75) is 45.8 Å². The SMILES string of the molecule is CC[C@H](C(=O)NC(C)C)N(Cc1c(Cl)cccc1Cl)C(=O)COc1ccc2ccccc2c1Br. The number of halogens is 3. The third kappa shape index (κ3) is 6.23. The van der Waals surface area contributed by atoms with Gasteiger partial charge in [-0.05, 0) is 65.2 Å². The summed E-state index contributed by atoms with van der Waals surface area (Å²) in [6.45, 7) is 5.46. The number of rotatable bonds is 9. The maximum absolute atomic E-state index is 13.4. The molecule has 8 heteroatoms. The van der Waals surface area contributed by atoms with E-state index >= 15 is 0 Å². The van der Waals surface area contributed by atoms with E-state index in [-0.39, 0.29) is 31.0 Å². The number of nitrogens with one attached hydrogen (secondary N) is 1. The van der Waals surface area contributed by atoms with Gasteiger partial charge in [0.25, 0.3) is 5.91 Å². The van der Waals surface area contributed by atoms with Gasteiger partial charge in [0, 0.05) is 28.2 Å². The number of amides is 2. The molecule has 3 aromatic carbocycles. The lowest BCUT2D eigenvalue weighted by molar-refractivity contribution is -0.143. The van der Waals surface area contributed by atoms with Gasteiger partial charge in [0.2, 0.25) is 5.91 Å². The van der Waals surface area contributed by atoms with Crippen LogP contribution in [0.25, 0.3) is 10.8 Å². The van der Waals surface area contributed by atoms with Gasteiger partial charge >= 0.3 is 0 Å². The first-order chi connectivity index (χ1) is 16.2. The summed E-state index contributed by atoms with van der Waals surface area (Å²) in [4.78, 5) is 27.9. The Morgan fingerprint density at radius 3 is 2.35 bits per heavy atom. The van der Waals surface area contributed by atoms with E-state index in [1.54, 1.807) is 18.2 Å². The molecule has 0 fully saturated rings. The summed E-state index contributed by atoms with van der Waals surface area (Å²) in [5, 5.41) is 5.80. The van der Waals surface area contributed by atoms with Crippen molar-refractivity contribution in [1.29, 1.82) is 0 Å². The second-order valence-electron chi connectivity index (χ2n) is 8.20. The largest absolute Gasteiger partial charge is 0.483 e. The lowest BCUT2D eigenvalue weighted by Crippen LogP contribution is -2.51. The Labute approximate surface area is 218 Å². The minimum absolute atomic E-state index is 0.0628. The third-order valence-electron chi connectivity index (χ3n) is 5.39. The molecule has 0 radical (unpaired) electrons. The molecule has 0 aliphatic rings. The van der Waals surface area contributed by atoms with Gasteiger partial charge in [-0.3, -0.25) is 9.59 Å². The van der Waals surface area contributed by atoms with Gasteiger partial charge in [-0.1, -0.05) is 66.5 Å². The zero-order valence-corrected chi connectivity index (χ0v) is 22.4. The van der Waals surface area contributed by atoms with E-state index in [1.165, 1.54) is 4.90 Å². The zero-order valence-electron chi connectivity index (χ0n) is 19.3. The lowest BCUT2D eigenvalue weighted by atomic mass is 10.1. The van der Waals surface area contributed by atoms with E-state index in [2.05, 4.69) is 21.2 Å². The van der Waals surface area contributed by atoms with Crippen LogP contribution in [0.2, 0.25) is 10.0 Å². The first-order valence-corrected chi connectivity index (χ1v) is 12.6. The summed E-state index contributed by atoms with van der Waals surface area (Å²) >= 11 is 16.3. The van der Waals surface area contributed by atoms with Crippen LogP contribution >= 0.6 is 39.1 Å².